The normalized spacial score (nSPS) is 16.3. The molecule has 29 heavy (non-hydrogen) atoms. The SMILES string of the molecule is CC(C)N(C)S(=O)(=O)c1ccc(Cl)c(C(=O)NCCS(=O)(=O)N2CCOCC2)c1. The lowest BCUT2D eigenvalue weighted by molar-refractivity contribution is 0.0730. The lowest BCUT2D eigenvalue weighted by Crippen LogP contribution is -2.43. The van der Waals surface area contributed by atoms with E-state index in [0.29, 0.717) is 13.2 Å². The molecule has 1 aliphatic heterocycles. The zero-order valence-electron chi connectivity index (χ0n) is 16.6. The van der Waals surface area contributed by atoms with E-state index in [1.165, 1.54) is 33.9 Å². The molecule has 0 radical (unpaired) electrons. The number of nitrogens with zero attached hydrogens (tertiary/aromatic N) is 2. The first-order chi connectivity index (χ1) is 13.5. The number of sulfonamides is 2. The van der Waals surface area contributed by atoms with E-state index in [4.69, 9.17) is 16.3 Å². The molecule has 0 aromatic heterocycles. The minimum atomic E-state index is -3.79. The van der Waals surface area contributed by atoms with E-state index in [1.807, 2.05) is 0 Å². The maximum atomic E-state index is 12.6. The molecule has 1 N–H and O–H groups in total. The third-order valence-corrected chi connectivity index (χ3v) is 8.83. The molecule has 0 bridgehead atoms. The van der Waals surface area contributed by atoms with E-state index < -0.39 is 26.0 Å². The first-order valence-electron chi connectivity index (χ1n) is 9.08. The van der Waals surface area contributed by atoms with Crippen molar-refractivity contribution in [3.63, 3.8) is 0 Å². The molecule has 0 unspecified atom stereocenters. The van der Waals surface area contributed by atoms with E-state index in [0.717, 1.165) is 0 Å². The van der Waals surface area contributed by atoms with Gasteiger partial charge in [0.05, 0.1) is 34.4 Å². The molecular weight excluding hydrogens is 442 g/mol. The molecule has 9 nitrogen and oxygen atoms in total. The number of hydrogen-bond acceptors (Lipinski definition) is 6. The predicted molar refractivity (Wildman–Crippen MR) is 110 cm³/mol. The second-order valence-corrected chi connectivity index (χ2v) is 11.3. The quantitative estimate of drug-likeness (QED) is 0.604. The zero-order valence-corrected chi connectivity index (χ0v) is 19.0. The van der Waals surface area contributed by atoms with Gasteiger partial charge in [0.15, 0.2) is 0 Å². The van der Waals surface area contributed by atoms with Gasteiger partial charge in [-0.1, -0.05) is 11.6 Å². The third kappa shape index (κ3) is 5.89. The summed E-state index contributed by atoms with van der Waals surface area (Å²) in [5.74, 6) is -0.916. The number of carbonyl (C=O) groups is 1. The smallest absolute Gasteiger partial charge is 0.252 e. The van der Waals surface area contributed by atoms with Crippen LogP contribution < -0.4 is 5.32 Å². The van der Waals surface area contributed by atoms with Crippen LogP contribution in [0, 0.1) is 0 Å². The average molecular weight is 468 g/mol. The van der Waals surface area contributed by atoms with Gasteiger partial charge in [-0.3, -0.25) is 4.79 Å². The van der Waals surface area contributed by atoms with Crippen molar-refractivity contribution >= 4 is 37.6 Å². The summed E-state index contributed by atoms with van der Waals surface area (Å²) >= 11 is 6.06. The molecule has 1 fully saturated rings. The van der Waals surface area contributed by atoms with Gasteiger partial charge in [-0.15, -0.1) is 0 Å². The predicted octanol–water partition coefficient (Wildman–Crippen LogP) is 0.761. The van der Waals surface area contributed by atoms with Crippen LogP contribution in [0.5, 0.6) is 0 Å². The standard InChI is InChI=1S/C17H26ClN3O6S2/c1-13(2)20(3)29(25,26)14-4-5-16(18)15(12-14)17(22)19-6-11-28(23,24)21-7-9-27-10-8-21/h4-5,12-13H,6-11H2,1-3H3,(H,19,22). The summed E-state index contributed by atoms with van der Waals surface area (Å²) in [5.41, 5.74) is -0.0336. The van der Waals surface area contributed by atoms with Crippen LogP contribution in [0.25, 0.3) is 0 Å². The molecule has 1 aromatic carbocycles. The van der Waals surface area contributed by atoms with Gasteiger partial charge in [-0.05, 0) is 32.0 Å². The molecule has 0 spiro atoms. The largest absolute Gasteiger partial charge is 0.379 e. The molecule has 1 heterocycles. The minimum absolute atomic E-state index is 0.0336. The zero-order chi connectivity index (χ0) is 21.8. The van der Waals surface area contributed by atoms with Crippen molar-refractivity contribution in [1.82, 2.24) is 13.9 Å². The summed E-state index contributed by atoms with van der Waals surface area (Å²) < 4.78 is 57.5. The Labute approximate surface area is 177 Å². The van der Waals surface area contributed by atoms with Gasteiger partial charge in [-0.25, -0.2) is 16.8 Å². The van der Waals surface area contributed by atoms with Gasteiger partial charge in [0.25, 0.3) is 5.91 Å². The molecule has 1 aliphatic rings. The number of nitrogens with one attached hydrogen (secondary N) is 1. The van der Waals surface area contributed by atoms with Crippen molar-refractivity contribution in [2.75, 3.05) is 45.6 Å². The number of amides is 1. The Balaban J connectivity index is 2.09. The second-order valence-electron chi connectivity index (χ2n) is 6.84. The molecular formula is C17H26ClN3O6S2. The number of rotatable bonds is 8. The summed E-state index contributed by atoms with van der Waals surface area (Å²) in [6, 6.07) is 3.60. The summed E-state index contributed by atoms with van der Waals surface area (Å²) in [4.78, 5) is 12.4. The molecule has 0 saturated carbocycles. The Bertz CT molecular complexity index is 944. The summed E-state index contributed by atoms with van der Waals surface area (Å²) in [5, 5.41) is 2.57. The van der Waals surface area contributed by atoms with Crippen LogP contribution in [0.4, 0.5) is 0 Å². The molecule has 1 amide bonds. The van der Waals surface area contributed by atoms with Crippen LogP contribution in [-0.4, -0.2) is 83.0 Å². The number of benzene rings is 1. The Morgan fingerprint density at radius 1 is 1.24 bits per heavy atom. The van der Waals surface area contributed by atoms with Crippen LogP contribution in [0.15, 0.2) is 23.1 Å². The van der Waals surface area contributed by atoms with Crippen molar-refractivity contribution in [2.24, 2.45) is 0 Å². The molecule has 0 atom stereocenters. The van der Waals surface area contributed by atoms with Crippen LogP contribution >= 0.6 is 11.6 Å². The summed E-state index contributed by atoms with van der Waals surface area (Å²) in [7, 11) is -5.86. The molecule has 0 aliphatic carbocycles. The highest BCUT2D eigenvalue weighted by atomic mass is 35.5. The van der Waals surface area contributed by atoms with Crippen LogP contribution in [-0.2, 0) is 24.8 Å². The Morgan fingerprint density at radius 3 is 2.45 bits per heavy atom. The third-order valence-electron chi connectivity index (χ3n) is 4.60. The van der Waals surface area contributed by atoms with Crippen molar-refractivity contribution in [3.8, 4) is 0 Å². The Hall–Kier alpha value is -1.24. The Morgan fingerprint density at radius 2 is 1.86 bits per heavy atom. The van der Waals surface area contributed by atoms with E-state index in [2.05, 4.69) is 5.32 Å². The molecule has 1 aromatic rings. The van der Waals surface area contributed by atoms with Crippen LogP contribution in [0.1, 0.15) is 24.2 Å². The number of hydrogen-bond donors (Lipinski definition) is 1. The van der Waals surface area contributed by atoms with Crippen molar-refractivity contribution in [1.29, 1.82) is 0 Å². The number of halogens is 1. The van der Waals surface area contributed by atoms with Crippen molar-refractivity contribution in [3.05, 3.63) is 28.8 Å². The fourth-order valence-corrected chi connectivity index (χ4v) is 5.55. The highest BCUT2D eigenvalue weighted by Crippen LogP contribution is 2.23. The lowest BCUT2D eigenvalue weighted by Gasteiger charge is -2.26. The average Bonchev–Trinajstić information content (AvgIpc) is 2.67. The fraction of sp³-hybridized carbons (Fsp3) is 0.588. The van der Waals surface area contributed by atoms with E-state index >= 15 is 0 Å². The van der Waals surface area contributed by atoms with Crippen molar-refractivity contribution < 1.29 is 26.4 Å². The number of ether oxygens (including phenoxy) is 1. The molecule has 164 valence electrons. The highest BCUT2D eigenvalue weighted by Gasteiger charge is 2.26. The first-order valence-corrected chi connectivity index (χ1v) is 12.5. The Kier molecular flexibility index (Phi) is 8.05. The van der Waals surface area contributed by atoms with Crippen LogP contribution in [0.2, 0.25) is 5.02 Å². The van der Waals surface area contributed by atoms with E-state index in [1.54, 1.807) is 13.8 Å². The van der Waals surface area contributed by atoms with Gasteiger partial charge in [-0.2, -0.15) is 8.61 Å². The second kappa shape index (κ2) is 9.71. The fourth-order valence-electron chi connectivity index (χ4n) is 2.63. The molecule has 1 saturated heterocycles. The monoisotopic (exact) mass is 467 g/mol. The van der Waals surface area contributed by atoms with E-state index in [9.17, 15) is 21.6 Å². The van der Waals surface area contributed by atoms with Gasteiger partial charge in [0.1, 0.15) is 0 Å². The van der Waals surface area contributed by atoms with Gasteiger partial charge >= 0.3 is 0 Å². The van der Waals surface area contributed by atoms with Crippen molar-refractivity contribution in [2.45, 2.75) is 24.8 Å². The molecule has 2 rings (SSSR count). The summed E-state index contributed by atoms with van der Waals surface area (Å²) in [6.07, 6.45) is 0. The lowest BCUT2D eigenvalue weighted by atomic mass is 10.2. The highest BCUT2D eigenvalue weighted by molar-refractivity contribution is 7.89. The van der Waals surface area contributed by atoms with Crippen LogP contribution in [0.3, 0.4) is 0 Å². The maximum absolute atomic E-state index is 12.6. The van der Waals surface area contributed by atoms with Gasteiger partial charge in [0, 0.05) is 32.7 Å². The summed E-state index contributed by atoms with van der Waals surface area (Å²) in [6.45, 7) is 4.58. The molecule has 12 heteroatoms. The minimum Gasteiger partial charge on any atom is -0.379 e. The maximum Gasteiger partial charge on any atom is 0.252 e. The first kappa shape index (κ1) is 24.0. The van der Waals surface area contributed by atoms with Gasteiger partial charge < -0.3 is 10.1 Å². The van der Waals surface area contributed by atoms with Gasteiger partial charge in [0.2, 0.25) is 20.0 Å². The topological polar surface area (TPSA) is 113 Å². The van der Waals surface area contributed by atoms with E-state index in [-0.39, 0.29) is 46.9 Å². The number of morpholine rings is 1. The number of carbonyl (C=O) groups excluding carboxylic acids is 1.